The van der Waals surface area contributed by atoms with Crippen molar-refractivity contribution < 1.29 is 9.59 Å². The van der Waals surface area contributed by atoms with Crippen LogP contribution in [-0.2, 0) is 9.59 Å². The average Bonchev–Trinajstić information content (AvgIpc) is 2.95. The Hall–Kier alpha value is -2.47. The summed E-state index contributed by atoms with van der Waals surface area (Å²) in [6, 6.07) is 24.3. The van der Waals surface area contributed by atoms with E-state index in [4.69, 9.17) is 0 Å². The summed E-state index contributed by atoms with van der Waals surface area (Å²) >= 11 is 2.23. The van der Waals surface area contributed by atoms with Crippen molar-refractivity contribution in [3.63, 3.8) is 0 Å². The third-order valence-corrected chi connectivity index (χ3v) is 7.82. The van der Waals surface area contributed by atoms with Crippen LogP contribution in [-0.4, -0.2) is 11.8 Å². The highest BCUT2D eigenvalue weighted by Gasteiger charge is 2.68. The Bertz CT molecular complexity index is 1150. The van der Waals surface area contributed by atoms with Gasteiger partial charge in [-0.05, 0) is 76.0 Å². The van der Waals surface area contributed by atoms with Gasteiger partial charge in [0.15, 0.2) is 0 Å². The van der Waals surface area contributed by atoms with Gasteiger partial charge < -0.3 is 0 Å². The summed E-state index contributed by atoms with van der Waals surface area (Å²) in [7, 11) is 0. The minimum Gasteiger partial charge on any atom is -0.274 e. The molecule has 3 aromatic rings. The lowest BCUT2D eigenvalue weighted by Gasteiger charge is -2.51. The molecule has 142 valence electrons. The molecule has 2 bridgehead atoms. The number of nitrogens with zero attached hydrogens (tertiary/aromatic N) is 1. The first kappa shape index (κ1) is 17.4. The monoisotopic (exact) mass is 491 g/mol. The molecule has 0 spiro atoms. The number of benzene rings is 3. The standard InChI is InChI=1S/C25H18INO2/c1-25-21-18-8-4-2-6-16(18)20(17-7-3-5-9-19(17)21)22(25)23(28)27(24(25)29)15-12-10-14(26)11-13-15/h2-13,20-22H,1H3/t20?,21?,22-,25-/m0/s1. The Morgan fingerprint density at radius 2 is 1.31 bits per heavy atom. The molecule has 3 aromatic carbocycles. The third kappa shape index (κ3) is 2.03. The maximum absolute atomic E-state index is 13.9. The summed E-state index contributed by atoms with van der Waals surface area (Å²) in [6.45, 7) is 2.01. The van der Waals surface area contributed by atoms with Crippen molar-refractivity contribution in [3.8, 4) is 0 Å². The molecule has 4 aliphatic rings. The van der Waals surface area contributed by atoms with E-state index in [-0.39, 0.29) is 29.6 Å². The lowest BCUT2D eigenvalue weighted by atomic mass is 9.48. The highest BCUT2D eigenvalue weighted by Crippen LogP contribution is 2.67. The third-order valence-electron chi connectivity index (χ3n) is 7.10. The van der Waals surface area contributed by atoms with Crippen LogP contribution in [0.1, 0.15) is 41.0 Å². The number of carbonyl (C=O) groups excluding carboxylic acids is 2. The normalized spacial score (nSPS) is 28.9. The van der Waals surface area contributed by atoms with E-state index in [1.165, 1.54) is 27.2 Å². The largest absolute Gasteiger partial charge is 0.274 e. The van der Waals surface area contributed by atoms with Gasteiger partial charge in [0, 0.05) is 15.4 Å². The molecule has 1 aliphatic heterocycles. The molecule has 29 heavy (non-hydrogen) atoms. The lowest BCUT2D eigenvalue weighted by molar-refractivity contribution is -0.128. The van der Waals surface area contributed by atoms with Crippen LogP contribution in [0.3, 0.4) is 0 Å². The van der Waals surface area contributed by atoms with Gasteiger partial charge in [0.1, 0.15) is 0 Å². The number of rotatable bonds is 1. The molecule has 3 nitrogen and oxygen atoms in total. The summed E-state index contributed by atoms with van der Waals surface area (Å²) in [6.07, 6.45) is 0. The van der Waals surface area contributed by atoms with Gasteiger partial charge >= 0.3 is 0 Å². The van der Waals surface area contributed by atoms with Crippen molar-refractivity contribution in [2.75, 3.05) is 4.90 Å². The molecule has 4 heteroatoms. The molecule has 7 rings (SSSR count). The second kappa shape index (κ2) is 5.79. The first-order valence-electron chi connectivity index (χ1n) is 9.85. The van der Waals surface area contributed by atoms with Gasteiger partial charge in [-0.2, -0.15) is 0 Å². The maximum Gasteiger partial charge on any atom is 0.241 e. The Labute approximate surface area is 182 Å². The number of anilines is 1. The number of hydrogen-bond acceptors (Lipinski definition) is 2. The van der Waals surface area contributed by atoms with Gasteiger partial charge in [0.25, 0.3) is 0 Å². The van der Waals surface area contributed by atoms with Crippen LogP contribution in [0.5, 0.6) is 0 Å². The van der Waals surface area contributed by atoms with Crippen LogP contribution in [0.2, 0.25) is 0 Å². The van der Waals surface area contributed by atoms with Crippen LogP contribution >= 0.6 is 22.6 Å². The van der Waals surface area contributed by atoms with Gasteiger partial charge in [-0.15, -0.1) is 0 Å². The molecule has 0 aromatic heterocycles. The zero-order valence-electron chi connectivity index (χ0n) is 15.8. The van der Waals surface area contributed by atoms with Gasteiger partial charge in [-0.3, -0.25) is 9.59 Å². The van der Waals surface area contributed by atoms with E-state index in [1.807, 2.05) is 55.5 Å². The summed E-state index contributed by atoms with van der Waals surface area (Å²) < 4.78 is 1.08. The van der Waals surface area contributed by atoms with E-state index in [9.17, 15) is 9.59 Å². The van der Waals surface area contributed by atoms with Crippen molar-refractivity contribution in [2.45, 2.75) is 18.8 Å². The van der Waals surface area contributed by atoms with Crippen LogP contribution in [0.15, 0.2) is 72.8 Å². The minimum atomic E-state index is -0.770. The van der Waals surface area contributed by atoms with Gasteiger partial charge in [0.05, 0.1) is 17.0 Å². The summed E-state index contributed by atoms with van der Waals surface area (Å²) in [5.74, 6) is -0.701. The molecule has 2 atom stereocenters. The summed E-state index contributed by atoms with van der Waals surface area (Å²) in [5, 5.41) is 0. The molecular weight excluding hydrogens is 473 g/mol. The predicted octanol–water partition coefficient (Wildman–Crippen LogP) is 5.08. The van der Waals surface area contributed by atoms with Crippen LogP contribution in [0.4, 0.5) is 5.69 Å². The fraction of sp³-hybridized carbons (Fsp3) is 0.200. The molecular formula is C25H18INO2. The Morgan fingerprint density at radius 1 is 0.793 bits per heavy atom. The molecule has 0 unspecified atom stereocenters. The highest BCUT2D eigenvalue weighted by molar-refractivity contribution is 14.1. The van der Waals surface area contributed by atoms with E-state index >= 15 is 0 Å². The lowest BCUT2D eigenvalue weighted by Crippen LogP contribution is -2.49. The van der Waals surface area contributed by atoms with Gasteiger partial charge in [-0.25, -0.2) is 4.90 Å². The van der Waals surface area contributed by atoms with E-state index in [2.05, 4.69) is 46.9 Å². The highest BCUT2D eigenvalue weighted by atomic mass is 127. The zero-order valence-corrected chi connectivity index (χ0v) is 18.0. The topological polar surface area (TPSA) is 37.4 Å². The number of halogens is 1. The van der Waals surface area contributed by atoms with Crippen molar-refractivity contribution in [2.24, 2.45) is 11.3 Å². The van der Waals surface area contributed by atoms with Gasteiger partial charge in [0.2, 0.25) is 11.8 Å². The molecule has 1 fully saturated rings. The molecule has 1 heterocycles. The van der Waals surface area contributed by atoms with Crippen LogP contribution in [0, 0.1) is 14.9 Å². The molecule has 0 saturated carbocycles. The SMILES string of the molecule is C[C@@]12C(=O)N(c3ccc(I)cc3)C(=O)[C@@H]1C1c3ccccc3C2c2ccccc21. The van der Waals surface area contributed by atoms with Crippen molar-refractivity contribution in [1.82, 2.24) is 0 Å². The van der Waals surface area contributed by atoms with E-state index in [0.29, 0.717) is 5.69 Å². The van der Waals surface area contributed by atoms with E-state index in [0.717, 1.165) is 3.57 Å². The van der Waals surface area contributed by atoms with Crippen molar-refractivity contribution in [3.05, 3.63) is 98.6 Å². The average molecular weight is 491 g/mol. The molecule has 1 saturated heterocycles. The smallest absolute Gasteiger partial charge is 0.241 e. The fourth-order valence-corrected chi connectivity index (χ4v) is 6.31. The first-order valence-corrected chi connectivity index (χ1v) is 10.9. The van der Waals surface area contributed by atoms with Gasteiger partial charge in [-0.1, -0.05) is 48.5 Å². The number of imide groups is 1. The van der Waals surface area contributed by atoms with Crippen molar-refractivity contribution in [1.29, 1.82) is 0 Å². The van der Waals surface area contributed by atoms with Crippen LogP contribution < -0.4 is 4.90 Å². The molecule has 0 N–H and O–H groups in total. The number of hydrogen-bond donors (Lipinski definition) is 0. The van der Waals surface area contributed by atoms with E-state index in [1.54, 1.807) is 0 Å². The van der Waals surface area contributed by atoms with Crippen molar-refractivity contribution >= 4 is 40.1 Å². The number of amides is 2. The molecule has 0 radical (unpaired) electrons. The quantitative estimate of drug-likeness (QED) is 0.352. The minimum absolute atomic E-state index is 0.0716. The predicted molar refractivity (Wildman–Crippen MR) is 120 cm³/mol. The number of carbonyl (C=O) groups is 2. The fourth-order valence-electron chi connectivity index (χ4n) is 5.95. The maximum atomic E-state index is 13.9. The Kier molecular flexibility index (Phi) is 3.47. The zero-order chi connectivity index (χ0) is 19.9. The summed E-state index contributed by atoms with van der Waals surface area (Å²) in [4.78, 5) is 29.1. The Balaban J connectivity index is 1.61. The second-order valence-electron chi connectivity index (χ2n) is 8.38. The molecule has 2 amide bonds. The van der Waals surface area contributed by atoms with E-state index < -0.39 is 5.41 Å². The first-order chi connectivity index (χ1) is 14.0. The second-order valence-corrected chi connectivity index (χ2v) is 9.63. The Morgan fingerprint density at radius 3 is 1.86 bits per heavy atom. The summed E-state index contributed by atoms with van der Waals surface area (Å²) in [5.41, 5.74) is 4.69. The van der Waals surface area contributed by atoms with Crippen LogP contribution in [0.25, 0.3) is 0 Å². The molecule has 3 aliphatic carbocycles.